The largest absolute Gasteiger partial charge is 0.496 e. The van der Waals surface area contributed by atoms with Crippen LogP contribution < -0.4 is 9.46 Å². The molecule has 124 valence electrons. The van der Waals surface area contributed by atoms with Gasteiger partial charge in [-0.25, -0.2) is 8.42 Å². The van der Waals surface area contributed by atoms with E-state index in [1.54, 1.807) is 24.7 Å². The number of hydrogen-bond acceptors (Lipinski definition) is 5. The number of ether oxygens (including phenoxy) is 1. The van der Waals surface area contributed by atoms with Crippen molar-refractivity contribution >= 4 is 21.8 Å². The van der Waals surface area contributed by atoms with Crippen LogP contribution in [0.1, 0.15) is 11.3 Å². The number of benzene rings is 1. The third-order valence-electron chi connectivity index (χ3n) is 3.26. The van der Waals surface area contributed by atoms with Crippen LogP contribution in [0.3, 0.4) is 0 Å². The molecule has 23 heavy (non-hydrogen) atoms. The van der Waals surface area contributed by atoms with Crippen LogP contribution in [0.5, 0.6) is 5.75 Å². The lowest BCUT2D eigenvalue weighted by atomic mass is 10.1. The van der Waals surface area contributed by atoms with Crippen molar-refractivity contribution in [2.75, 3.05) is 11.8 Å². The molecule has 2 N–H and O–H groups in total. The van der Waals surface area contributed by atoms with E-state index >= 15 is 0 Å². The molecular weight excluding hydrogens is 322 g/mol. The normalized spacial score (nSPS) is 11.3. The molecule has 2 aromatic rings. The van der Waals surface area contributed by atoms with Gasteiger partial charge < -0.3 is 9.84 Å². The van der Waals surface area contributed by atoms with Gasteiger partial charge in [0.1, 0.15) is 5.75 Å². The van der Waals surface area contributed by atoms with Crippen LogP contribution in [-0.4, -0.2) is 36.4 Å². The van der Waals surface area contributed by atoms with E-state index in [1.807, 2.05) is 0 Å². The zero-order chi connectivity index (χ0) is 17.2. The monoisotopic (exact) mass is 339 g/mol. The van der Waals surface area contributed by atoms with Crippen molar-refractivity contribution in [2.24, 2.45) is 7.05 Å². The number of anilines is 1. The predicted molar refractivity (Wildman–Crippen MR) is 83.1 cm³/mol. The van der Waals surface area contributed by atoms with E-state index in [0.717, 1.165) is 5.69 Å². The number of carboxylic acids is 1. The van der Waals surface area contributed by atoms with Crippen molar-refractivity contribution < 1.29 is 23.1 Å². The molecular formula is C14H17N3O5S. The number of hydrogen-bond donors (Lipinski definition) is 2. The fraction of sp³-hybridized carbons (Fsp3) is 0.286. The molecule has 1 heterocycles. The number of nitrogens with zero attached hydrogens (tertiary/aromatic N) is 2. The van der Waals surface area contributed by atoms with E-state index < -0.39 is 16.0 Å². The molecule has 0 aliphatic rings. The number of aliphatic carboxylic acids is 1. The van der Waals surface area contributed by atoms with Gasteiger partial charge in [-0.05, 0) is 25.1 Å². The Kier molecular flexibility index (Phi) is 4.60. The van der Waals surface area contributed by atoms with Crippen molar-refractivity contribution in [3.05, 3.63) is 35.5 Å². The van der Waals surface area contributed by atoms with Crippen molar-refractivity contribution in [3.8, 4) is 5.75 Å². The Morgan fingerprint density at radius 3 is 2.61 bits per heavy atom. The molecule has 0 aliphatic carbocycles. The minimum atomic E-state index is -3.87. The van der Waals surface area contributed by atoms with Crippen LogP contribution in [0.4, 0.5) is 5.82 Å². The number of aromatic nitrogens is 2. The Bertz CT molecular complexity index is 823. The maximum atomic E-state index is 12.4. The van der Waals surface area contributed by atoms with Crippen LogP contribution in [0.25, 0.3) is 0 Å². The Balaban J connectivity index is 2.37. The number of nitrogens with one attached hydrogen (secondary N) is 1. The second-order valence-corrected chi connectivity index (χ2v) is 6.63. The molecule has 2 rings (SSSR count). The summed E-state index contributed by atoms with van der Waals surface area (Å²) in [6.45, 7) is 1.79. The average molecular weight is 339 g/mol. The van der Waals surface area contributed by atoms with Crippen molar-refractivity contribution in [1.29, 1.82) is 0 Å². The number of carbonyl (C=O) groups is 1. The standard InChI is InChI=1S/C14H17N3O5S/c1-9-6-13(15-17(9)2)16-23(20,21)11-4-5-12(22-3)10(7-11)8-14(18)19/h4-7H,8H2,1-3H3,(H,15,16)(H,18,19). The smallest absolute Gasteiger partial charge is 0.307 e. The fourth-order valence-electron chi connectivity index (χ4n) is 2.03. The molecule has 0 spiro atoms. The third kappa shape index (κ3) is 3.81. The van der Waals surface area contributed by atoms with Gasteiger partial charge in [0.25, 0.3) is 10.0 Å². The van der Waals surface area contributed by atoms with Gasteiger partial charge in [-0.15, -0.1) is 0 Å². The molecule has 0 fully saturated rings. The van der Waals surface area contributed by atoms with Crippen LogP contribution in [0.15, 0.2) is 29.2 Å². The zero-order valence-electron chi connectivity index (χ0n) is 12.9. The van der Waals surface area contributed by atoms with Gasteiger partial charge in [-0.2, -0.15) is 5.10 Å². The van der Waals surface area contributed by atoms with Crippen molar-refractivity contribution in [1.82, 2.24) is 9.78 Å². The highest BCUT2D eigenvalue weighted by Crippen LogP contribution is 2.24. The first-order valence-electron chi connectivity index (χ1n) is 6.65. The molecule has 8 nitrogen and oxygen atoms in total. The quantitative estimate of drug-likeness (QED) is 0.817. The SMILES string of the molecule is COc1ccc(S(=O)(=O)Nc2cc(C)n(C)n2)cc1CC(=O)O. The number of sulfonamides is 1. The minimum absolute atomic E-state index is 0.0575. The lowest BCUT2D eigenvalue weighted by Crippen LogP contribution is -2.14. The first-order chi connectivity index (χ1) is 10.7. The highest BCUT2D eigenvalue weighted by atomic mass is 32.2. The van der Waals surface area contributed by atoms with Crippen molar-refractivity contribution in [2.45, 2.75) is 18.2 Å². The minimum Gasteiger partial charge on any atom is -0.496 e. The summed E-state index contributed by atoms with van der Waals surface area (Å²) in [7, 11) is -0.782. The number of methoxy groups -OCH3 is 1. The average Bonchev–Trinajstić information content (AvgIpc) is 2.75. The van der Waals surface area contributed by atoms with Gasteiger partial charge in [-0.1, -0.05) is 0 Å². The van der Waals surface area contributed by atoms with E-state index in [0.29, 0.717) is 5.75 Å². The summed E-state index contributed by atoms with van der Waals surface area (Å²) in [5.41, 5.74) is 1.07. The van der Waals surface area contributed by atoms with Gasteiger partial charge in [0.15, 0.2) is 5.82 Å². The molecule has 0 atom stereocenters. The second kappa shape index (κ2) is 6.29. The van der Waals surface area contributed by atoms with Crippen molar-refractivity contribution in [3.63, 3.8) is 0 Å². The first-order valence-corrected chi connectivity index (χ1v) is 8.13. The van der Waals surface area contributed by atoms with Gasteiger partial charge >= 0.3 is 5.97 Å². The molecule has 0 amide bonds. The highest BCUT2D eigenvalue weighted by Gasteiger charge is 2.19. The summed E-state index contributed by atoms with van der Waals surface area (Å²) in [4.78, 5) is 10.8. The zero-order valence-corrected chi connectivity index (χ0v) is 13.7. The predicted octanol–water partition coefficient (Wildman–Crippen LogP) is 1.17. The third-order valence-corrected chi connectivity index (χ3v) is 4.61. The highest BCUT2D eigenvalue weighted by molar-refractivity contribution is 7.92. The molecule has 0 saturated carbocycles. The van der Waals surface area contributed by atoms with Gasteiger partial charge in [0.2, 0.25) is 0 Å². The lowest BCUT2D eigenvalue weighted by Gasteiger charge is -2.10. The Labute approximate surface area is 133 Å². The first kappa shape index (κ1) is 16.8. The summed E-state index contributed by atoms with van der Waals surface area (Å²) in [6, 6.07) is 5.66. The number of rotatable bonds is 6. The maximum Gasteiger partial charge on any atom is 0.307 e. The van der Waals surface area contributed by atoms with Crippen LogP contribution in [0.2, 0.25) is 0 Å². The molecule has 0 radical (unpaired) electrons. The summed E-state index contributed by atoms with van der Waals surface area (Å²) in [6.07, 6.45) is -0.338. The topological polar surface area (TPSA) is 111 Å². The molecule has 9 heteroatoms. The summed E-state index contributed by atoms with van der Waals surface area (Å²) in [5.74, 6) is -0.563. The van der Waals surface area contributed by atoms with Crippen LogP contribution in [-0.2, 0) is 28.3 Å². The summed E-state index contributed by atoms with van der Waals surface area (Å²) in [5, 5.41) is 12.9. The molecule has 0 unspecified atom stereocenters. The Morgan fingerprint density at radius 1 is 1.39 bits per heavy atom. The summed E-state index contributed by atoms with van der Waals surface area (Å²) < 4.78 is 33.8. The Hall–Kier alpha value is -2.55. The molecule has 1 aromatic heterocycles. The molecule has 0 bridgehead atoms. The van der Waals surface area contributed by atoms with Gasteiger partial charge in [-0.3, -0.25) is 14.2 Å². The maximum absolute atomic E-state index is 12.4. The van der Waals surface area contributed by atoms with Crippen LogP contribution >= 0.6 is 0 Å². The van der Waals surface area contributed by atoms with Gasteiger partial charge in [0.05, 0.1) is 18.4 Å². The Morgan fingerprint density at radius 2 is 2.09 bits per heavy atom. The van der Waals surface area contributed by atoms with E-state index in [2.05, 4.69) is 9.82 Å². The van der Waals surface area contributed by atoms with Crippen LogP contribution in [0, 0.1) is 6.92 Å². The fourth-order valence-corrected chi connectivity index (χ4v) is 3.07. The number of aryl methyl sites for hydroxylation is 2. The van der Waals surface area contributed by atoms with E-state index in [1.165, 1.54) is 25.3 Å². The molecule has 0 aliphatic heterocycles. The van der Waals surface area contributed by atoms with E-state index in [4.69, 9.17) is 9.84 Å². The summed E-state index contributed by atoms with van der Waals surface area (Å²) >= 11 is 0. The lowest BCUT2D eigenvalue weighted by molar-refractivity contribution is -0.136. The molecule has 1 aromatic carbocycles. The van der Waals surface area contributed by atoms with Gasteiger partial charge in [0, 0.05) is 24.4 Å². The van der Waals surface area contributed by atoms with E-state index in [9.17, 15) is 13.2 Å². The number of carboxylic acid groups (broad SMARTS) is 1. The molecule has 0 saturated heterocycles. The second-order valence-electron chi connectivity index (χ2n) is 4.94. The van der Waals surface area contributed by atoms with E-state index in [-0.39, 0.29) is 22.7 Å².